The Morgan fingerprint density at radius 3 is 2.83 bits per heavy atom. The molecular formula is C16H14FN3O3S. The van der Waals surface area contributed by atoms with Gasteiger partial charge in [-0.25, -0.2) is 9.37 Å². The molecule has 0 bridgehead atoms. The zero-order valence-electron chi connectivity index (χ0n) is 12.7. The molecule has 0 saturated carbocycles. The average Bonchev–Trinajstić information content (AvgIpc) is 3.20. The molecule has 1 aromatic carbocycles. The monoisotopic (exact) mass is 347 g/mol. The van der Waals surface area contributed by atoms with E-state index >= 15 is 0 Å². The smallest absolute Gasteiger partial charge is 0.274 e. The normalized spacial score (nSPS) is 10.8. The van der Waals surface area contributed by atoms with Gasteiger partial charge in [-0.05, 0) is 31.2 Å². The highest BCUT2D eigenvalue weighted by Crippen LogP contribution is 2.22. The van der Waals surface area contributed by atoms with Gasteiger partial charge >= 0.3 is 0 Å². The van der Waals surface area contributed by atoms with Crippen LogP contribution < -0.4 is 5.32 Å². The van der Waals surface area contributed by atoms with Gasteiger partial charge in [0.25, 0.3) is 5.91 Å². The number of carbonyl (C=O) groups is 1. The summed E-state index contributed by atoms with van der Waals surface area (Å²) in [4.78, 5) is 16.5. The molecule has 2 N–H and O–H groups in total. The van der Waals surface area contributed by atoms with Crippen molar-refractivity contribution in [3.63, 3.8) is 0 Å². The van der Waals surface area contributed by atoms with Crippen LogP contribution in [-0.2, 0) is 13.2 Å². The zero-order valence-corrected chi connectivity index (χ0v) is 13.6. The Kier molecular flexibility index (Phi) is 4.68. The van der Waals surface area contributed by atoms with Gasteiger partial charge in [-0.3, -0.25) is 4.79 Å². The number of rotatable bonds is 5. The van der Waals surface area contributed by atoms with E-state index in [4.69, 9.17) is 4.52 Å². The van der Waals surface area contributed by atoms with Gasteiger partial charge in [-0.1, -0.05) is 5.16 Å². The minimum atomic E-state index is -0.436. The summed E-state index contributed by atoms with van der Waals surface area (Å²) < 4.78 is 17.9. The fraction of sp³-hybridized carbons (Fsp3) is 0.188. The number of aryl methyl sites for hydroxylation is 1. The van der Waals surface area contributed by atoms with Crippen LogP contribution in [0, 0.1) is 12.7 Å². The largest absolute Gasteiger partial charge is 0.391 e. The zero-order chi connectivity index (χ0) is 17.1. The number of aliphatic hydroxyl groups is 1. The van der Waals surface area contributed by atoms with Crippen molar-refractivity contribution in [3.05, 3.63) is 57.5 Å². The first-order valence-electron chi connectivity index (χ1n) is 7.13. The third-order valence-electron chi connectivity index (χ3n) is 3.45. The van der Waals surface area contributed by atoms with Crippen molar-refractivity contribution < 1.29 is 18.8 Å². The van der Waals surface area contributed by atoms with Gasteiger partial charge in [0.1, 0.15) is 16.6 Å². The summed E-state index contributed by atoms with van der Waals surface area (Å²) in [5.41, 5.74) is 1.97. The highest BCUT2D eigenvalue weighted by molar-refractivity contribution is 7.09. The summed E-state index contributed by atoms with van der Waals surface area (Å²) in [6.45, 7) is 1.54. The Hall–Kier alpha value is -2.58. The summed E-state index contributed by atoms with van der Waals surface area (Å²) in [5.74, 6) is -0.325. The van der Waals surface area contributed by atoms with Crippen molar-refractivity contribution in [2.45, 2.75) is 20.1 Å². The maximum atomic E-state index is 12.9. The SMILES string of the molecule is Cc1onc(C(=O)NCc2nc(-c3ccc(F)cc3)cs2)c1CO. The Balaban J connectivity index is 1.67. The molecule has 0 fully saturated rings. The van der Waals surface area contributed by atoms with Gasteiger partial charge in [0.2, 0.25) is 0 Å². The second-order valence-corrected chi connectivity index (χ2v) is 5.98. The molecule has 0 atom stereocenters. The number of aliphatic hydroxyl groups excluding tert-OH is 1. The molecule has 1 amide bonds. The minimum absolute atomic E-state index is 0.0744. The van der Waals surface area contributed by atoms with E-state index in [0.717, 1.165) is 11.3 Å². The van der Waals surface area contributed by atoms with Crippen molar-refractivity contribution in [2.75, 3.05) is 0 Å². The van der Waals surface area contributed by atoms with Gasteiger partial charge < -0.3 is 14.9 Å². The topological polar surface area (TPSA) is 88.3 Å². The quantitative estimate of drug-likeness (QED) is 0.741. The molecular weight excluding hydrogens is 333 g/mol. The fourth-order valence-electron chi connectivity index (χ4n) is 2.14. The molecule has 0 aliphatic rings. The number of hydrogen-bond donors (Lipinski definition) is 2. The summed E-state index contributed by atoms with van der Waals surface area (Å²) in [6.07, 6.45) is 0. The van der Waals surface area contributed by atoms with Crippen molar-refractivity contribution in [2.24, 2.45) is 0 Å². The molecule has 3 rings (SSSR count). The van der Waals surface area contributed by atoms with Crippen LogP contribution in [0.3, 0.4) is 0 Å². The molecule has 3 aromatic rings. The second-order valence-electron chi connectivity index (χ2n) is 5.04. The van der Waals surface area contributed by atoms with Crippen LogP contribution in [-0.4, -0.2) is 21.2 Å². The van der Waals surface area contributed by atoms with Crippen LogP contribution in [0.1, 0.15) is 26.8 Å². The molecule has 6 nitrogen and oxygen atoms in total. The minimum Gasteiger partial charge on any atom is -0.391 e. The molecule has 0 spiro atoms. The van der Waals surface area contributed by atoms with Gasteiger partial charge in [-0.2, -0.15) is 0 Å². The van der Waals surface area contributed by atoms with Gasteiger partial charge in [-0.15, -0.1) is 11.3 Å². The molecule has 8 heteroatoms. The molecule has 2 heterocycles. The molecule has 0 aliphatic heterocycles. The number of benzene rings is 1. The third kappa shape index (κ3) is 3.34. The number of thiazole rings is 1. The number of carbonyl (C=O) groups excluding carboxylic acids is 1. The summed E-state index contributed by atoms with van der Waals surface area (Å²) in [6, 6.07) is 6.05. The van der Waals surface area contributed by atoms with E-state index in [1.165, 1.54) is 23.5 Å². The van der Waals surface area contributed by atoms with Crippen LogP contribution in [0.4, 0.5) is 4.39 Å². The fourth-order valence-corrected chi connectivity index (χ4v) is 2.88. The molecule has 0 saturated heterocycles. The average molecular weight is 347 g/mol. The lowest BCUT2D eigenvalue weighted by atomic mass is 10.2. The first-order chi connectivity index (χ1) is 11.6. The standard InChI is InChI=1S/C16H14FN3O3S/c1-9-12(7-21)15(20-23-9)16(22)18-6-14-19-13(8-24-14)10-2-4-11(17)5-3-10/h2-5,8,21H,6-7H2,1H3,(H,18,22). The van der Waals surface area contributed by atoms with Crippen molar-refractivity contribution in [1.29, 1.82) is 0 Å². The number of aromatic nitrogens is 2. The van der Waals surface area contributed by atoms with E-state index in [1.807, 2.05) is 5.38 Å². The molecule has 2 aromatic heterocycles. The highest BCUT2D eigenvalue weighted by atomic mass is 32.1. The molecule has 124 valence electrons. The van der Waals surface area contributed by atoms with Gasteiger partial charge in [0.15, 0.2) is 5.69 Å². The number of amides is 1. The Bertz CT molecular complexity index is 858. The van der Waals surface area contributed by atoms with Crippen molar-refractivity contribution >= 4 is 17.2 Å². The lowest BCUT2D eigenvalue weighted by molar-refractivity contribution is 0.0939. The van der Waals surface area contributed by atoms with E-state index in [9.17, 15) is 14.3 Å². The van der Waals surface area contributed by atoms with Crippen molar-refractivity contribution in [1.82, 2.24) is 15.5 Å². The summed E-state index contributed by atoms with van der Waals surface area (Å²) in [5, 5.41) is 18.2. The maximum Gasteiger partial charge on any atom is 0.274 e. The van der Waals surface area contributed by atoms with E-state index in [2.05, 4.69) is 15.5 Å². The van der Waals surface area contributed by atoms with Crippen LogP contribution in [0.2, 0.25) is 0 Å². The molecule has 0 radical (unpaired) electrons. The second kappa shape index (κ2) is 6.90. The van der Waals surface area contributed by atoms with Crippen molar-refractivity contribution in [3.8, 4) is 11.3 Å². The van der Waals surface area contributed by atoms with Crippen LogP contribution in [0.25, 0.3) is 11.3 Å². The number of nitrogens with zero attached hydrogens (tertiary/aromatic N) is 2. The molecule has 0 aliphatic carbocycles. The molecule has 0 unspecified atom stereocenters. The summed E-state index contributed by atoms with van der Waals surface area (Å²) in [7, 11) is 0. The van der Waals surface area contributed by atoms with E-state index in [-0.39, 0.29) is 24.7 Å². The number of nitrogens with one attached hydrogen (secondary N) is 1. The van der Waals surface area contributed by atoms with Gasteiger partial charge in [0, 0.05) is 10.9 Å². The highest BCUT2D eigenvalue weighted by Gasteiger charge is 2.19. The summed E-state index contributed by atoms with van der Waals surface area (Å²) >= 11 is 1.39. The first-order valence-corrected chi connectivity index (χ1v) is 8.01. The van der Waals surface area contributed by atoms with Crippen LogP contribution >= 0.6 is 11.3 Å². The van der Waals surface area contributed by atoms with Gasteiger partial charge in [0.05, 0.1) is 24.4 Å². The molecule has 24 heavy (non-hydrogen) atoms. The maximum absolute atomic E-state index is 12.9. The van der Waals surface area contributed by atoms with Crippen LogP contribution in [0.5, 0.6) is 0 Å². The third-order valence-corrected chi connectivity index (χ3v) is 4.30. The van der Waals surface area contributed by atoms with E-state index in [1.54, 1.807) is 19.1 Å². The first kappa shape index (κ1) is 16.3. The lowest BCUT2D eigenvalue weighted by Crippen LogP contribution is -2.24. The predicted molar refractivity (Wildman–Crippen MR) is 85.8 cm³/mol. The Morgan fingerprint density at radius 1 is 1.38 bits per heavy atom. The van der Waals surface area contributed by atoms with Crippen LogP contribution in [0.15, 0.2) is 34.2 Å². The predicted octanol–water partition coefficient (Wildman–Crippen LogP) is 2.67. The van der Waals surface area contributed by atoms with E-state index in [0.29, 0.717) is 16.3 Å². The number of halogens is 1. The lowest BCUT2D eigenvalue weighted by Gasteiger charge is -2.01. The Labute approximate surface area is 141 Å². The Morgan fingerprint density at radius 2 is 2.12 bits per heavy atom. The number of hydrogen-bond acceptors (Lipinski definition) is 6. The van der Waals surface area contributed by atoms with E-state index < -0.39 is 5.91 Å².